The molecule has 136 valence electrons. The van der Waals surface area contributed by atoms with Gasteiger partial charge >= 0.3 is 0 Å². The normalized spacial score (nSPS) is 29.3. The molecule has 1 heterocycles. The lowest BCUT2D eigenvalue weighted by atomic mass is 9.55. The van der Waals surface area contributed by atoms with Gasteiger partial charge in [-0.25, -0.2) is 0 Å². The predicted molar refractivity (Wildman–Crippen MR) is 109 cm³/mol. The van der Waals surface area contributed by atoms with Crippen molar-refractivity contribution in [3.63, 3.8) is 0 Å². The van der Waals surface area contributed by atoms with Crippen LogP contribution < -0.4 is 5.32 Å². The summed E-state index contributed by atoms with van der Waals surface area (Å²) in [5.41, 5.74) is 3.66. The first-order chi connectivity index (χ1) is 12.8. The fourth-order valence-electron chi connectivity index (χ4n) is 5.71. The monoisotopic (exact) mass is 367 g/mol. The number of nitrogens with one attached hydrogen (secondary N) is 1. The molecule has 0 spiro atoms. The first kappa shape index (κ1) is 16.6. The Balaban J connectivity index is 1.18. The van der Waals surface area contributed by atoms with Crippen LogP contribution in [0.15, 0.2) is 35.5 Å². The number of hydrogen-bond donors (Lipinski definition) is 1. The molecule has 4 fully saturated rings. The molecule has 4 heteroatoms. The molecule has 0 unspecified atom stereocenters. The zero-order valence-corrected chi connectivity index (χ0v) is 15.9. The smallest absolute Gasteiger partial charge is 0.0737 e. The Kier molecular flexibility index (Phi) is 4.36. The number of pyridine rings is 1. The molecule has 4 bridgehead atoms. The molecule has 4 aliphatic rings. The van der Waals surface area contributed by atoms with E-state index in [2.05, 4.69) is 10.3 Å². The van der Waals surface area contributed by atoms with E-state index in [1.54, 1.807) is 5.71 Å². The highest BCUT2D eigenvalue weighted by Gasteiger charge is 2.45. The molecule has 0 radical (unpaired) electrons. The topological polar surface area (TPSA) is 37.3 Å². The van der Waals surface area contributed by atoms with Crippen LogP contribution in [-0.4, -0.2) is 23.8 Å². The Bertz CT molecular complexity index is 814. The van der Waals surface area contributed by atoms with Gasteiger partial charge in [0, 0.05) is 41.1 Å². The van der Waals surface area contributed by atoms with Gasteiger partial charge < -0.3 is 5.32 Å². The van der Waals surface area contributed by atoms with Gasteiger partial charge in [-0.3, -0.25) is 9.98 Å². The Morgan fingerprint density at radius 3 is 2.58 bits per heavy atom. The molecular weight excluding hydrogens is 342 g/mol. The van der Waals surface area contributed by atoms with Gasteiger partial charge in [0.15, 0.2) is 0 Å². The number of aliphatic imine (C=N–C) groups is 1. The summed E-state index contributed by atoms with van der Waals surface area (Å²) < 4.78 is 0. The van der Waals surface area contributed by atoms with Crippen molar-refractivity contribution in [1.29, 1.82) is 0 Å². The van der Waals surface area contributed by atoms with E-state index in [1.165, 1.54) is 32.1 Å². The fourth-order valence-corrected chi connectivity index (χ4v) is 5.88. The molecule has 2 aromatic rings. The van der Waals surface area contributed by atoms with E-state index in [1.807, 2.05) is 30.5 Å². The minimum Gasteiger partial charge on any atom is -0.384 e. The van der Waals surface area contributed by atoms with Crippen LogP contribution in [0.1, 0.15) is 38.5 Å². The minimum absolute atomic E-state index is 0.730. The highest BCUT2D eigenvalue weighted by Crippen LogP contribution is 2.52. The first-order valence-corrected chi connectivity index (χ1v) is 10.5. The number of anilines is 1. The second kappa shape index (κ2) is 6.84. The van der Waals surface area contributed by atoms with Crippen molar-refractivity contribution >= 4 is 33.9 Å². The average molecular weight is 368 g/mol. The molecule has 4 aliphatic carbocycles. The Morgan fingerprint density at radius 1 is 1.04 bits per heavy atom. The zero-order chi connectivity index (χ0) is 17.5. The summed E-state index contributed by atoms with van der Waals surface area (Å²) >= 11 is 6.07. The van der Waals surface area contributed by atoms with Crippen molar-refractivity contribution in [1.82, 2.24) is 4.98 Å². The van der Waals surface area contributed by atoms with E-state index in [0.717, 1.165) is 64.8 Å². The molecule has 1 aromatic carbocycles. The van der Waals surface area contributed by atoms with Gasteiger partial charge in [0.1, 0.15) is 0 Å². The van der Waals surface area contributed by atoms with Crippen LogP contribution in [0, 0.1) is 23.7 Å². The molecule has 3 nitrogen and oxygen atoms in total. The van der Waals surface area contributed by atoms with E-state index in [4.69, 9.17) is 16.6 Å². The SMILES string of the molecule is Clc1ccc2c(NCCCN=C3C4CC5CC(C4)CC3C5)ccnc2c1. The lowest BCUT2D eigenvalue weighted by Gasteiger charge is -2.50. The summed E-state index contributed by atoms with van der Waals surface area (Å²) in [6, 6.07) is 7.93. The summed E-state index contributed by atoms with van der Waals surface area (Å²) in [4.78, 5) is 9.48. The van der Waals surface area contributed by atoms with E-state index in [0.29, 0.717) is 0 Å². The van der Waals surface area contributed by atoms with Crippen molar-refractivity contribution < 1.29 is 0 Å². The number of hydrogen-bond acceptors (Lipinski definition) is 3. The summed E-state index contributed by atoms with van der Waals surface area (Å²) in [5.74, 6) is 3.69. The van der Waals surface area contributed by atoms with E-state index in [9.17, 15) is 0 Å². The fraction of sp³-hybridized carbons (Fsp3) is 0.545. The maximum Gasteiger partial charge on any atom is 0.0737 e. The lowest BCUT2D eigenvalue weighted by Crippen LogP contribution is -2.45. The molecule has 1 N–H and O–H groups in total. The summed E-state index contributed by atoms with van der Waals surface area (Å²) in [6.07, 6.45) is 10.1. The van der Waals surface area contributed by atoms with Gasteiger partial charge in [0.25, 0.3) is 0 Å². The number of halogens is 1. The van der Waals surface area contributed by atoms with Crippen molar-refractivity contribution in [2.24, 2.45) is 28.7 Å². The Hall–Kier alpha value is -1.61. The molecule has 26 heavy (non-hydrogen) atoms. The molecule has 1 aromatic heterocycles. The summed E-state index contributed by atoms with van der Waals surface area (Å²) in [5, 5.41) is 5.42. The van der Waals surface area contributed by atoms with Gasteiger partial charge in [-0.15, -0.1) is 0 Å². The highest BCUT2D eigenvalue weighted by molar-refractivity contribution is 6.31. The van der Waals surface area contributed by atoms with Gasteiger partial charge in [0.05, 0.1) is 5.52 Å². The predicted octanol–water partition coefficient (Wildman–Crippen LogP) is 5.59. The number of fused-ring (bicyclic) bond motifs is 1. The average Bonchev–Trinajstić information content (AvgIpc) is 2.62. The van der Waals surface area contributed by atoms with Crippen LogP contribution in [0.4, 0.5) is 5.69 Å². The van der Waals surface area contributed by atoms with Crippen molar-refractivity contribution in [2.45, 2.75) is 38.5 Å². The first-order valence-electron chi connectivity index (χ1n) is 10.1. The van der Waals surface area contributed by atoms with Gasteiger partial charge in [-0.1, -0.05) is 11.6 Å². The Morgan fingerprint density at radius 2 is 1.81 bits per heavy atom. The largest absolute Gasteiger partial charge is 0.384 e. The van der Waals surface area contributed by atoms with Crippen LogP contribution in [0.5, 0.6) is 0 Å². The van der Waals surface area contributed by atoms with E-state index in [-0.39, 0.29) is 0 Å². The van der Waals surface area contributed by atoms with Crippen LogP contribution in [-0.2, 0) is 0 Å². The number of nitrogens with zero attached hydrogens (tertiary/aromatic N) is 2. The van der Waals surface area contributed by atoms with Crippen LogP contribution in [0.2, 0.25) is 5.02 Å². The summed E-state index contributed by atoms with van der Waals surface area (Å²) in [6.45, 7) is 1.90. The molecule has 6 rings (SSSR count). The minimum atomic E-state index is 0.730. The third-order valence-corrected chi connectivity index (χ3v) is 6.86. The maximum atomic E-state index is 6.07. The third-order valence-electron chi connectivity index (χ3n) is 6.62. The van der Waals surface area contributed by atoms with E-state index < -0.39 is 0 Å². The molecular formula is C22H26ClN3. The van der Waals surface area contributed by atoms with Crippen molar-refractivity contribution in [2.75, 3.05) is 18.4 Å². The van der Waals surface area contributed by atoms with Crippen molar-refractivity contribution in [3.8, 4) is 0 Å². The van der Waals surface area contributed by atoms with Gasteiger partial charge in [-0.2, -0.15) is 0 Å². The molecule has 0 aliphatic heterocycles. The number of aromatic nitrogens is 1. The van der Waals surface area contributed by atoms with Gasteiger partial charge in [0.2, 0.25) is 0 Å². The van der Waals surface area contributed by atoms with Crippen molar-refractivity contribution in [3.05, 3.63) is 35.5 Å². The Labute approximate surface area is 160 Å². The van der Waals surface area contributed by atoms with Gasteiger partial charge in [-0.05, 0) is 86.5 Å². The molecule has 0 atom stereocenters. The van der Waals surface area contributed by atoms with Crippen LogP contribution >= 0.6 is 11.6 Å². The molecule has 0 amide bonds. The number of benzene rings is 1. The molecule has 0 saturated heterocycles. The third kappa shape index (κ3) is 3.11. The molecule has 4 saturated carbocycles. The zero-order valence-electron chi connectivity index (χ0n) is 15.1. The number of rotatable bonds is 5. The summed E-state index contributed by atoms with van der Waals surface area (Å²) in [7, 11) is 0. The highest BCUT2D eigenvalue weighted by atomic mass is 35.5. The lowest BCUT2D eigenvalue weighted by molar-refractivity contribution is 0.108. The van der Waals surface area contributed by atoms with Crippen LogP contribution in [0.25, 0.3) is 10.9 Å². The second-order valence-electron chi connectivity index (χ2n) is 8.41. The van der Waals surface area contributed by atoms with Crippen LogP contribution in [0.3, 0.4) is 0 Å². The second-order valence-corrected chi connectivity index (χ2v) is 8.85. The maximum absolute atomic E-state index is 6.07. The quantitative estimate of drug-likeness (QED) is 0.699. The van der Waals surface area contributed by atoms with E-state index >= 15 is 0 Å². The standard InChI is InChI=1S/C22H26ClN3/c23-18-2-3-19-20(4-7-25-21(19)13-18)24-5-1-6-26-22-16-9-14-8-15(11-16)12-17(22)10-14/h2-4,7,13-17H,1,5-6,8-12H2,(H,24,25).